The summed E-state index contributed by atoms with van der Waals surface area (Å²) in [5.41, 5.74) is 0.315. The van der Waals surface area contributed by atoms with E-state index in [1.54, 1.807) is 29.6 Å². The van der Waals surface area contributed by atoms with Crippen molar-refractivity contribution in [2.24, 2.45) is 0 Å². The highest BCUT2D eigenvalue weighted by Crippen LogP contribution is 2.33. The van der Waals surface area contributed by atoms with E-state index in [2.05, 4.69) is 19.9 Å². The summed E-state index contributed by atoms with van der Waals surface area (Å²) in [6.45, 7) is 3.57. The largest absolute Gasteiger partial charge is 0.416 e. The molecule has 0 aliphatic carbocycles. The van der Waals surface area contributed by atoms with Gasteiger partial charge in [-0.25, -0.2) is 9.97 Å². The average Bonchev–Trinajstić information content (AvgIpc) is 3.39. The zero-order valence-electron chi connectivity index (χ0n) is 19.0. The average molecular weight is 503 g/mol. The molecule has 4 heterocycles. The molecule has 2 aliphatic rings. The fourth-order valence-corrected chi connectivity index (χ4v) is 5.56. The molecule has 1 aromatic carbocycles. The summed E-state index contributed by atoms with van der Waals surface area (Å²) in [4.78, 5) is 32.0. The Hall–Kier alpha value is -3.21. The number of carbonyl (C=O) groups is 1. The number of carbonyl (C=O) groups excluding carboxylic acids is 1. The van der Waals surface area contributed by atoms with E-state index < -0.39 is 11.7 Å². The number of anilines is 2. The lowest BCUT2D eigenvalue weighted by molar-refractivity contribution is -0.137. The van der Waals surface area contributed by atoms with Gasteiger partial charge in [-0.15, -0.1) is 11.3 Å². The first-order chi connectivity index (χ1) is 16.9. The highest BCUT2D eigenvalue weighted by Gasteiger charge is 2.32. The fourth-order valence-electron chi connectivity index (χ4n) is 4.59. The van der Waals surface area contributed by atoms with E-state index in [-0.39, 0.29) is 5.91 Å². The van der Waals surface area contributed by atoms with Gasteiger partial charge in [0, 0.05) is 68.6 Å². The molecular weight excluding hydrogens is 477 g/mol. The first-order valence-electron chi connectivity index (χ1n) is 11.6. The van der Waals surface area contributed by atoms with Crippen molar-refractivity contribution in [3.05, 3.63) is 64.5 Å². The van der Waals surface area contributed by atoms with Crippen molar-refractivity contribution in [3.63, 3.8) is 0 Å². The maximum atomic E-state index is 13.0. The van der Waals surface area contributed by atoms with Crippen LogP contribution in [0.5, 0.6) is 0 Å². The molecule has 0 bridgehead atoms. The predicted molar refractivity (Wildman–Crippen MR) is 128 cm³/mol. The number of benzene rings is 1. The number of piperazine rings is 1. The molecule has 0 atom stereocenters. The van der Waals surface area contributed by atoms with Gasteiger partial charge in [-0.3, -0.25) is 9.78 Å². The van der Waals surface area contributed by atoms with Gasteiger partial charge in [0.1, 0.15) is 11.5 Å². The van der Waals surface area contributed by atoms with Gasteiger partial charge < -0.3 is 14.7 Å². The van der Waals surface area contributed by atoms with Crippen molar-refractivity contribution < 1.29 is 18.0 Å². The van der Waals surface area contributed by atoms with Crippen molar-refractivity contribution in [2.45, 2.75) is 24.9 Å². The van der Waals surface area contributed by atoms with Gasteiger partial charge in [-0.1, -0.05) is 6.07 Å². The van der Waals surface area contributed by atoms with Crippen LogP contribution in [0, 0.1) is 0 Å². The molecule has 0 saturated carbocycles. The van der Waals surface area contributed by atoms with Crippen LogP contribution >= 0.6 is 11.3 Å². The standard InChI is InChI=1S/C24H25F3N6OS/c25-24(26,27)18-2-1-3-19(14-18)31-10-12-33(13-11-31)23(34)20-16-35-22(30-20)17-4-8-32(9-5-17)21-15-28-6-7-29-21/h1-3,6-7,14-17H,4-5,8-13H2. The third-order valence-corrected chi connectivity index (χ3v) is 7.57. The Morgan fingerprint density at radius 2 is 1.77 bits per heavy atom. The molecule has 184 valence electrons. The summed E-state index contributed by atoms with van der Waals surface area (Å²) in [5, 5.41) is 2.81. The maximum Gasteiger partial charge on any atom is 0.416 e. The molecule has 0 radical (unpaired) electrons. The number of rotatable bonds is 4. The summed E-state index contributed by atoms with van der Waals surface area (Å²) in [7, 11) is 0. The molecule has 1 amide bonds. The number of hydrogen-bond acceptors (Lipinski definition) is 7. The Labute approximate surface area is 205 Å². The van der Waals surface area contributed by atoms with E-state index in [4.69, 9.17) is 0 Å². The predicted octanol–water partition coefficient (Wildman–Crippen LogP) is 4.30. The van der Waals surface area contributed by atoms with E-state index in [1.165, 1.54) is 23.5 Å². The van der Waals surface area contributed by atoms with Crippen LogP contribution in [-0.4, -0.2) is 65.0 Å². The first-order valence-corrected chi connectivity index (χ1v) is 12.4. The van der Waals surface area contributed by atoms with E-state index in [0.29, 0.717) is 43.5 Å². The van der Waals surface area contributed by atoms with Gasteiger partial charge >= 0.3 is 6.18 Å². The van der Waals surface area contributed by atoms with Crippen molar-refractivity contribution in [3.8, 4) is 0 Å². The Morgan fingerprint density at radius 3 is 2.46 bits per heavy atom. The van der Waals surface area contributed by atoms with Crippen LogP contribution in [0.4, 0.5) is 24.7 Å². The second kappa shape index (κ2) is 9.80. The second-order valence-corrected chi connectivity index (χ2v) is 9.61. The summed E-state index contributed by atoms with van der Waals surface area (Å²) in [6, 6.07) is 5.34. The molecule has 0 spiro atoms. The normalized spacial score (nSPS) is 17.6. The molecule has 2 aromatic heterocycles. The van der Waals surface area contributed by atoms with Crippen LogP contribution in [0.1, 0.15) is 39.8 Å². The minimum absolute atomic E-state index is 0.117. The van der Waals surface area contributed by atoms with Crippen LogP contribution in [0.3, 0.4) is 0 Å². The van der Waals surface area contributed by atoms with Gasteiger partial charge in [0.15, 0.2) is 0 Å². The molecule has 11 heteroatoms. The Morgan fingerprint density at radius 1 is 1.00 bits per heavy atom. The number of thiazole rings is 1. The fraction of sp³-hybridized carbons (Fsp3) is 0.417. The van der Waals surface area contributed by atoms with Gasteiger partial charge in [-0.05, 0) is 31.0 Å². The molecule has 0 N–H and O–H groups in total. The minimum Gasteiger partial charge on any atom is -0.368 e. The van der Waals surface area contributed by atoms with E-state index in [9.17, 15) is 18.0 Å². The summed E-state index contributed by atoms with van der Waals surface area (Å²) in [6.07, 6.45) is 2.63. The number of alkyl halides is 3. The lowest BCUT2D eigenvalue weighted by Crippen LogP contribution is -2.49. The quantitative estimate of drug-likeness (QED) is 0.530. The smallest absolute Gasteiger partial charge is 0.368 e. The Balaban J connectivity index is 1.16. The zero-order chi connectivity index (χ0) is 24.4. The molecule has 7 nitrogen and oxygen atoms in total. The van der Waals surface area contributed by atoms with Crippen LogP contribution in [0.25, 0.3) is 0 Å². The maximum absolute atomic E-state index is 13.0. The van der Waals surface area contributed by atoms with Crippen molar-refractivity contribution >= 4 is 28.7 Å². The number of nitrogens with zero attached hydrogens (tertiary/aromatic N) is 6. The van der Waals surface area contributed by atoms with E-state index in [0.717, 1.165) is 42.8 Å². The zero-order valence-corrected chi connectivity index (χ0v) is 19.8. The highest BCUT2D eigenvalue weighted by molar-refractivity contribution is 7.09. The van der Waals surface area contributed by atoms with Gasteiger partial charge in [0.2, 0.25) is 0 Å². The van der Waals surface area contributed by atoms with Crippen molar-refractivity contribution in [2.75, 3.05) is 49.1 Å². The Bertz CT molecular complexity index is 1160. The first kappa shape index (κ1) is 23.5. The third-order valence-electron chi connectivity index (χ3n) is 6.56. The summed E-state index contributed by atoms with van der Waals surface area (Å²) in [5.74, 6) is 1.07. The van der Waals surface area contributed by atoms with Crippen LogP contribution < -0.4 is 9.80 Å². The van der Waals surface area contributed by atoms with Crippen molar-refractivity contribution in [1.82, 2.24) is 19.9 Å². The SMILES string of the molecule is O=C(c1csc(C2CCN(c3cnccn3)CC2)n1)N1CCN(c2cccc(C(F)(F)F)c2)CC1. The van der Waals surface area contributed by atoms with Crippen LogP contribution in [-0.2, 0) is 6.18 Å². The van der Waals surface area contributed by atoms with Crippen LogP contribution in [0.15, 0.2) is 48.2 Å². The highest BCUT2D eigenvalue weighted by atomic mass is 32.1. The van der Waals surface area contributed by atoms with E-state index in [1.807, 2.05) is 10.3 Å². The van der Waals surface area contributed by atoms with E-state index >= 15 is 0 Å². The molecule has 3 aromatic rings. The monoisotopic (exact) mass is 502 g/mol. The number of hydrogen-bond donors (Lipinski definition) is 0. The Kier molecular flexibility index (Phi) is 6.59. The van der Waals surface area contributed by atoms with Crippen molar-refractivity contribution in [1.29, 1.82) is 0 Å². The molecular formula is C24H25F3N6OS. The number of amides is 1. The lowest BCUT2D eigenvalue weighted by atomic mass is 9.97. The lowest BCUT2D eigenvalue weighted by Gasteiger charge is -2.36. The molecule has 35 heavy (non-hydrogen) atoms. The molecule has 2 fully saturated rings. The number of piperidine rings is 1. The topological polar surface area (TPSA) is 65.5 Å². The molecule has 2 saturated heterocycles. The molecule has 0 unspecified atom stereocenters. The summed E-state index contributed by atoms with van der Waals surface area (Å²) >= 11 is 1.52. The number of aromatic nitrogens is 3. The molecule has 2 aliphatic heterocycles. The second-order valence-electron chi connectivity index (χ2n) is 8.72. The van der Waals surface area contributed by atoms with Crippen LogP contribution in [0.2, 0.25) is 0 Å². The number of halogens is 3. The van der Waals surface area contributed by atoms with Gasteiger partial charge in [0.05, 0.1) is 16.8 Å². The molecule has 5 rings (SSSR count). The van der Waals surface area contributed by atoms with Gasteiger partial charge in [-0.2, -0.15) is 13.2 Å². The van der Waals surface area contributed by atoms with Gasteiger partial charge in [0.25, 0.3) is 5.91 Å². The third kappa shape index (κ3) is 5.24. The summed E-state index contributed by atoms with van der Waals surface area (Å²) < 4.78 is 39.1. The minimum atomic E-state index is -4.37.